The summed E-state index contributed by atoms with van der Waals surface area (Å²) in [7, 11) is 2.08. The molecule has 0 aromatic heterocycles. The second-order valence-electron chi connectivity index (χ2n) is 4.14. The Labute approximate surface area is 82.7 Å². The van der Waals surface area contributed by atoms with E-state index in [9.17, 15) is 0 Å². The van der Waals surface area contributed by atoms with Crippen LogP contribution in [0.2, 0.25) is 0 Å². The molecule has 1 saturated heterocycles. The Morgan fingerprint density at radius 1 is 1.38 bits per heavy atom. The molecule has 1 N–H and O–H groups in total. The van der Waals surface area contributed by atoms with Gasteiger partial charge in [0, 0.05) is 12.6 Å². The van der Waals surface area contributed by atoms with Crippen LogP contribution in [0.5, 0.6) is 0 Å². The fourth-order valence-corrected chi connectivity index (χ4v) is 2.08. The van der Waals surface area contributed by atoms with Crippen LogP contribution in [-0.4, -0.2) is 37.6 Å². The first-order valence-electron chi connectivity index (χ1n) is 5.76. The van der Waals surface area contributed by atoms with Gasteiger partial charge in [0.2, 0.25) is 0 Å². The average Bonchev–Trinajstić information content (AvgIpc) is 2.19. The highest BCUT2D eigenvalue weighted by Crippen LogP contribution is 2.10. The maximum absolute atomic E-state index is 3.38. The van der Waals surface area contributed by atoms with E-state index in [1.807, 2.05) is 0 Å². The Kier molecular flexibility index (Phi) is 5.40. The Morgan fingerprint density at radius 2 is 2.23 bits per heavy atom. The van der Waals surface area contributed by atoms with E-state index in [1.54, 1.807) is 0 Å². The van der Waals surface area contributed by atoms with Crippen LogP contribution in [0.25, 0.3) is 0 Å². The molecule has 2 heteroatoms. The van der Waals surface area contributed by atoms with Gasteiger partial charge in [-0.05, 0) is 39.4 Å². The molecule has 1 fully saturated rings. The van der Waals surface area contributed by atoms with Gasteiger partial charge >= 0.3 is 0 Å². The molecule has 1 heterocycles. The maximum Gasteiger partial charge on any atom is 0.0192 e. The summed E-state index contributed by atoms with van der Waals surface area (Å²) in [4.78, 5) is 2.61. The monoisotopic (exact) mass is 184 g/mol. The highest BCUT2D eigenvalue weighted by Gasteiger charge is 2.17. The lowest BCUT2D eigenvalue weighted by molar-refractivity contribution is 0.192. The van der Waals surface area contributed by atoms with Gasteiger partial charge < -0.3 is 10.2 Å². The standard InChI is InChI=1S/C11H24N2/c1-3-4-5-8-13-9-6-7-11(10-13)12-2/h11-12H,3-10H2,1-2H3. The van der Waals surface area contributed by atoms with Gasteiger partial charge in [0.25, 0.3) is 0 Å². The van der Waals surface area contributed by atoms with Gasteiger partial charge in [-0.15, -0.1) is 0 Å². The summed E-state index contributed by atoms with van der Waals surface area (Å²) in [6.45, 7) is 6.17. The number of likely N-dealkylation sites (N-methyl/N-ethyl adjacent to an activating group) is 1. The molecule has 78 valence electrons. The Hall–Kier alpha value is -0.0800. The van der Waals surface area contributed by atoms with Gasteiger partial charge in [-0.3, -0.25) is 0 Å². The maximum atomic E-state index is 3.38. The molecule has 0 aromatic rings. The van der Waals surface area contributed by atoms with Gasteiger partial charge in [0.05, 0.1) is 0 Å². The quantitative estimate of drug-likeness (QED) is 0.656. The van der Waals surface area contributed by atoms with E-state index < -0.39 is 0 Å². The van der Waals surface area contributed by atoms with Crippen molar-refractivity contribution in [2.75, 3.05) is 26.7 Å². The minimum atomic E-state index is 0.746. The molecule has 0 amide bonds. The predicted octanol–water partition coefficient (Wildman–Crippen LogP) is 1.86. The summed E-state index contributed by atoms with van der Waals surface area (Å²) >= 11 is 0. The lowest BCUT2D eigenvalue weighted by Crippen LogP contribution is -2.44. The Balaban J connectivity index is 2.11. The second-order valence-corrected chi connectivity index (χ2v) is 4.14. The van der Waals surface area contributed by atoms with E-state index in [4.69, 9.17) is 0 Å². The number of likely N-dealkylation sites (tertiary alicyclic amines) is 1. The summed E-state index contributed by atoms with van der Waals surface area (Å²) in [5, 5.41) is 3.38. The predicted molar refractivity (Wildman–Crippen MR) is 58.0 cm³/mol. The number of hydrogen-bond donors (Lipinski definition) is 1. The summed E-state index contributed by atoms with van der Waals surface area (Å²) in [5.41, 5.74) is 0. The van der Waals surface area contributed by atoms with Crippen LogP contribution in [0.15, 0.2) is 0 Å². The largest absolute Gasteiger partial charge is 0.316 e. The van der Waals surface area contributed by atoms with Crippen molar-refractivity contribution >= 4 is 0 Å². The topological polar surface area (TPSA) is 15.3 Å². The number of nitrogens with one attached hydrogen (secondary N) is 1. The molecule has 1 atom stereocenters. The summed E-state index contributed by atoms with van der Waals surface area (Å²) < 4.78 is 0. The van der Waals surface area contributed by atoms with Crippen molar-refractivity contribution in [3.8, 4) is 0 Å². The number of hydrogen-bond acceptors (Lipinski definition) is 2. The van der Waals surface area contributed by atoms with Crippen molar-refractivity contribution < 1.29 is 0 Å². The number of rotatable bonds is 5. The molecule has 1 unspecified atom stereocenters. The average molecular weight is 184 g/mol. The highest BCUT2D eigenvalue weighted by atomic mass is 15.2. The van der Waals surface area contributed by atoms with Crippen LogP contribution < -0.4 is 5.32 Å². The summed E-state index contributed by atoms with van der Waals surface area (Å²) in [5.74, 6) is 0. The molecule has 2 nitrogen and oxygen atoms in total. The molecular formula is C11H24N2. The van der Waals surface area contributed by atoms with E-state index in [0.717, 1.165) is 6.04 Å². The van der Waals surface area contributed by atoms with Gasteiger partial charge in [-0.1, -0.05) is 19.8 Å². The van der Waals surface area contributed by atoms with Crippen molar-refractivity contribution in [2.24, 2.45) is 0 Å². The lowest BCUT2D eigenvalue weighted by atomic mass is 10.1. The molecule has 0 aliphatic carbocycles. The molecule has 0 spiro atoms. The molecule has 0 bridgehead atoms. The smallest absolute Gasteiger partial charge is 0.0192 e. The van der Waals surface area contributed by atoms with Crippen LogP contribution in [0.3, 0.4) is 0 Å². The third-order valence-electron chi connectivity index (χ3n) is 2.99. The molecule has 0 radical (unpaired) electrons. The van der Waals surface area contributed by atoms with Crippen molar-refractivity contribution in [1.82, 2.24) is 10.2 Å². The third kappa shape index (κ3) is 4.10. The van der Waals surface area contributed by atoms with Gasteiger partial charge in [0.15, 0.2) is 0 Å². The molecule has 1 rings (SSSR count). The minimum Gasteiger partial charge on any atom is -0.316 e. The van der Waals surface area contributed by atoms with Crippen LogP contribution >= 0.6 is 0 Å². The van der Waals surface area contributed by atoms with Crippen molar-refractivity contribution in [1.29, 1.82) is 0 Å². The summed E-state index contributed by atoms with van der Waals surface area (Å²) in [6.07, 6.45) is 6.84. The van der Waals surface area contributed by atoms with Gasteiger partial charge in [-0.25, -0.2) is 0 Å². The van der Waals surface area contributed by atoms with E-state index in [0.29, 0.717) is 0 Å². The lowest BCUT2D eigenvalue weighted by Gasteiger charge is -2.32. The third-order valence-corrected chi connectivity index (χ3v) is 2.99. The molecule has 13 heavy (non-hydrogen) atoms. The van der Waals surface area contributed by atoms with Crippen molar-refractivity contribution in [3.63, 3.8) is 0 Å². The molecular weight excluding hydrogens is 160 g/mol. The number of piperidine rings is 1. The SMILES string of the molecule is CCCCCN1CCCC(NC)C1. The number of unbranched alkanes of at least 4 members (excludes halogenated alkanes) is 2. The number of nitrogens with zero attached hydrogens (tertiary/aromatic N) is 1. The van der Waals surface area contributed by atoms with E-state index in [-0.39, 0.29) is 0 Å². The first kappa shape index (κ1) is 11.0. The molecule has 0 saturated carbocycles. The zero-order valence-corrected chi connectivity index (χ0v) is 9.18. The zero-order chi connectivity index (χ0) is 9.52. The van der Waals surface area contributed by atoms with Crippen molar-refractivity contribution in [3.05, 3.63) is 0 Å². The normalized spacial score (nSPS) is 24.9. The van der Waals surface area contributed by atoms with Crippen molar-refractivity contribution in [2.45, 2.75) is 45.1 Å². The van der Waals surface area contributed by atoms with E-state index >= 15 is 0 Å². The minimum absolute atomic E-state index is 0.746. The van der Waals surface area contributed by atoms with Crippen LogP contribution in [0.1, 0.15) is 39.0 Å². The van der Waals surface area contributed by atoms with Gasteiger partial charge in [-0.2, -0.15) is 0 Å². The zero-order valence-electron chi connectivity index (χ0n) is 9.18. The van der Waals surface area contributed by atoms with Crippen LogP contribution in [0, 0.1) is 0 Å². The van der Waals surface area contributed by atoms with Gasteiger partial charge in [0.1, 0.15) is 0 Å². The Morgan fingerprint density at radius 3 is 2.92 bits per heavy atom. The molecule has 0 aromatic carbocycles. The van der Waals surface area contributed by atoms with E-state index in [1.165, 1.54) is 51.7 Å². The molecule has 1 aliphatic heterocycles. The summed E-state index contributed by atoms with van der Waals surface area (Å²) in [6, 6.07) is 0.746. The second kappa shape index (κ2) is 6.39. The fraction of sp³-hybridized carbons (Fsp3) is 1.00. The van der Waals surface area contributed by atoms with E-state index in [2.05, 4.69) is 24.2 Å². The first-order chi connectivity index (χ1) is 6.36. The molecule has 1 aliphatic rings. The highest BCUT2D eigenvalue weighted by molar-refractivity contribution is 4.76. The van der Waals surface area contributed by atoms with Crippen LogP contribution in [-0.2, 0) is 0 Å². The Bertz CT molecular complexity index is 125. The fourth-order valence-electron chi connectivity index (χ4n) is 2.08. The van der Waals surface area contributed by atoms with Crippen LogP contribution in [0.4, 0.5) is 0 Å². The first-order valence-corrected chi connectivity index (χ1v) is 5.76.